The summed E-state index contributed by atoms with van der Waals surface area (Å²) in [4.78, 5) is 4.12. The van der Waals surface area contributed by atoms with E-state index in [1.165, 1.54) is 45.0 Å². The molecule has 0 bridgehead atoms. The summed E-state index contributed by atoms with van der Waals surface area (Å²) in [7, 11) is 8.13. The molecule has 4 aromatic rings. The number of hydrogen-bond donors (Lipinski definition) is 0. The molecular formula is C39H55LuN2OSi. The molecule has 246 valence electrons. The third kappa shape index (κ3) is 10.1. The van der Waals surface area contributed by atoms with Crippen LogP contribution in [-0.2, 0) is 5.41 Å². The van der Waals surface area contributed by atoms with Gasteiger partial charge in [-0.3, -0.25) is 0 Å². The van der Waals surface area contributed by atoms with E-state index in [4.69, 9.17) is 4.74 Å². The van der Waals surface area contributed by atoms with E-state index in [2.05, 4.69) is 114 Å². The van der Waals surface area contributed by atoms with Crippen molar-refractivity contribution < 1.29 is 41.6 Å². The topological polar surface area (TPSA) is 15.7 Å². The monoisotopic (exact) mass is 770 g/mol. The Labute approximate surface area is 300 Å². The fourth-order valence-corrected chi connectivity index (χ4v) is 10.1. The zero-order valence-corrected chi connectivity index (χ0v) is 31.6. The van der Waals surface area contributed by atoms with Crippen LogP contribution in [0.1, 0.15) is 56.9 Å². The van der Waals surface area contributed by atoms with E-state index in [1.54, 1.807) is 0 Å². The molecule has 0 aromatic heterocycles. The van der Waals surface area contributed by atoms with Crippen LogP contribution in [0.5, 0.6) is 5.75 Å². The van der Waals surface area contributed by atoms with Crippen LogP contribution in [0.3, 0.4) is 0 Å². The van der Waals surface area contributed by atoms with Crippen LogP contribution in [0, 0.1) is 57.6 Å². The van der Waals surface area contributed by atoms with Crippen LogP contribution >= 0.6 is 0 Å². The molecular weight excluding hydrogens is 715 g/mol. The van der Waals surface area contributed by atoms with Crippen molar-refractivity contribution in [1.29, 1.82) is 0 Å². The van der Waals surface area contributed by atoms with Crippen molar-refractivity contribution in [2.24, 2.45) is 0 Å². The van der Waals surface area contributed by atoms with Gasteiger partial charge in [0.05, 0.1) is 15.2 Å². The molecule has 0 fully saturated rings. The summed E-state index contributed by atoms with van der Waals surface area (Å²) in [6.45, 7) is 21.5. The van der Waals surface area contributed by atoms with E-state index >= 15 is 0 Å². The molecule has 0 saturated carbocycles. The number of rotatable bonds is 7. The smallest absolute Gasteiger partial charge is 0.497 e. The summed E-state index contributed by atoms with van der Waals surface area (Å²) >= 11 is 0. The number of anilines is 2. The van der Waals surface area contributed by atoms with E-state index < -0.39 is 8.07 Å². The summed E-state index contributed by atoms with van der Waals surface area (Å²) in [6, 6.07) is 32.3. The molecule has 3 nitrogen and oxygen atoms in total. The van der Waals surface area contributed by atoms with Crippen LogP contribution in [0.4, 0.5) is 11.4 Å². The van der Waals surface area contributed by atoms with Gasteiger partial charge in [-0.25, -0.2) is 12.1 Å². The maximum absolute atomic E-state index is 6.00. The summed E-state index contributed by atoms with van der Waals surface area (Å²) in [5.41, 5.74) is 7.28. The van der Waals surface area contributed by atoms with E-state index in [1.807, 2.05) is 71.7 Å². The second kappa shape index (κ2) is 17.9. The number of benzene rings is 3. The molecule has 0 atom stereocenters. The van der Waals surface area contributed by atoms with Gasteiger partial charge in [-0.1, -0.05) is 100 Å². The van der Waals surface area contributed by atoms with Crippen molar-refractivity contribution in [3.8, 4) is 5.75 Å². The number of hydrogen-bond acceptors (Lipinski definition) is 3. The maximum atomic E-state index is 6.00. The van der Waals surface area contributed by atoms with Crippen molar-refractivity contribution in [3.05, 3.63) is 121 Å². The number of para-hydroxylation sites is 2. The zero-order valence-electron chi connectivity index (χ0n) is 29.0. The molecule has 0 amide bonds. The summed E-state index contributed by atoms with van der Waals surface area (Å²) in [6.07, 6.45) is 0. The zero-order chi connectivity index (χ0) is 32.4. The molecule has 4 rings (SSSR count). The van der Waals surface area contributed by atoms with Crippen molar-refractivity contribution in [2.75, 3.05) is 45.1 Å². The third-order valence-corrected chi connectivity index (χ3v) is 13.4. The normalized spacial score (nSPS) is 10.8. The Morgan fingerprint density at radius 1 is 0.750 bits per heavy atom. The summed E-state index contributed by atoms with van der Waals surface area (Å²) in [5, 5.41) is 3.01. The van der Waals surface area contributed by atoms with Gasteiger partial charge in [-0.2, -0.15) is 54.4 Å². The Morgan fingerprint density at radius 3 is 1.50 bits per heavy atom. The second-order valence-corrected chi connectivity index (χ2v) is 17.3. The van der Waals surface area contributed by atoms with E-state index in [9.17, 15) is 0 Å². The quantitative estimate of drug-likeness (QED) is 0.139. The SMILES string of the molecule is CC[Si](CC)(c1cc(C)cc(C(C)(C)C)c1OC)[c-]1cccc1.[CH2-]c1ccccc1N(C)C.[CH2-]c1ccccc1N(C)C.[Lu+3]. The first-order valence-electron chi connectivity index (χ1n) is 15.3. The summed E-state index contributed by atoms with van der Waals surface area (Å²) < 4.78 is 6.00. The van der Waals surface area contributed by atoms with E-state index in [0.717, 1.165) is 16.9 Å². The average molecular weight is 771 g/mol. The first-order valence-corrected chi connectivity index (χ1v) is 17.7. The minimum atomic E-state index is -1.78. The second-order valence-electron chi connectivity index (χ2n) is 12.7. The van der Waals surface area contributed by atoms with Gasteiger partial charge >= 0.3 is 36.9 Å². The maximum Gasteiger partial charge on any atom is 3.00 e. The molecule has 0 saturated heterocycles. The summed E-state index contributed by atoms with van der Waals surface area (Å²) in [5.74, 6) is 1.12. The van der Waals surface area contributed by atoms with Crippen LogP contribution in [-0.4, -0.2) is 43.4 Å². The third-order valence-electron chi connectivity index (χ3n) is 8.13. The Bertz CT molecular complexity index is 1350. The number of nitrogens with zero attached hydrogens (tertiary/aromatic N) is 2. The molecule has 0 aliphatic carbocycles. The van der Waals surface area contributed by atoms with Gasteiger partial charge in [0.25, 0.3) is 0 Å². The fourth-order valence-electron chi connectivity index (χ4n) is 5.69. The van der Waals surface area contributed by atoms with Gasteiger partial charge in [-0.15, -0.1) is 12.1 Å². The molecule has 5 heteroatoms. The minimum Gasteiger partial charge on any atom is -0.497 e. The fraction of sp³-hybridized carbons (Fsp3) is 0.359. The molecule has 0 aliphatic heterocycles. The Kier molecular flexibility index (Phi) is 16.1. The molecule has 4 aromatic carbocycles. The van der Waals surface area contributed by atoms with Crippen LogP contribution < -0.4 is 24.9 Å². The van der Waals surface area contributed by atoms with Crippen molar-refractivity contribution in [3.63, 3.8) is 0 Å². The first kappa shape index (κ1) is 39.6. The first-order chi connectivity index (χ1) is 20.2. The number of ether oxygens (including phenoxy) is 1. The van der Waals surface area contributed by atoms with Gasteiger partial charge in [0.15, 0.2) is 0 Å². The minimum absolute atomic E-state index is 0. The molecule has 0 spiro atoms. The number of methoxy groups -OCH3 is 1. The van der Waals surface area contributed by atoms with E-state index in [0.29, 0.717) is 0 Å². The van der Waals surface area contributed by atoms with Crippen LogP contribution in [0.25, 0.3) is 0 Å². The van der Waals surface area contributed by atoms with E-state index in [-0.39, 0.29) is 42.3 Å². The molecule has 0 N–H and O–H groups in total. The Balaban J connectivity index is 0.000000381. The predicted octanol–water partition coefficient (Wildman–Crippen LogP) is 8.49. The van der Waals surface area contributed by atoms with Crippen molar-refractivity contribution in [1.82, 2.24) is 0 Å². The molecule has 0 heterocycles. The molecule has 0 radical (unpaired) electrons. The van der Waals surface area contributed by atoms with Gasteiger partial charge in [0, 0.05) is 0 Å². The van der Waals surface area contributed by atoms with Gasteiger partial charge in [0.2, 0.25) is 0 Å². The van der Waals surface area contributed by atoms with Crippen LogP contribution in [0.2, 0.25) is 12.1 Å². The van der Waals surface area contributed by atoms with Gasteiger partial charge < -0.3 is 14.5 Å². The average Bonchev–Trinajstić information content (AvgIpc) is 3.50. The molecule has 0 unspecified atom stereocenters. The molecule has 44 heavy (non-hydrogen) atoms. The molecule has 0 aliphatic rings. The Hall–Kier alpha value is -2.40. The standard InChI is InChI=1S/C21H31OSi.2C9H12N.Lu/c1-8-23(9-2,17-12-10-11-13-17)19-15-16(3)14-18(20(19)22-7)21(4,5)6;2*1-8-6-4-5-7-9(8)10(2)3;/h10-15H,8-9H2,1-7H3;2*4-7H,1H2,2-3H3;/q3*-1;+3. The predicted molar refractivity (Wildman–Crippen MR) is 195 cm³/mol. The largest absolute Gasteiger partial charge is 3.00 e. The van der Waals surface area contributed by atoms with Crippen LogP contribution in [0.15, 0.2) is 84.9 Å². The van der Waals surface area contributed by atoms with Gasteiger partial charge in [-0.05, 0) is 51.3 Å². The van der Waals surface area contributed by atoms with Gasteiger partial charge in [0.1, 0.15) is 5.75 Å². The van der Waals surface area contributed by atoms with Crippen molar-refractivity contribution >= 4 is 29.8 Å². The van der Waals surface area contributed by atoms with Crippen molar-refractivity contribution in [2.45, 2.75) is 59.0 Å². The number of aryl methyl sites for hydroxylation is 1. The Morgan fingerprint density at radius 2 is 1.18 bits per heavy atom.